The Labute approximate surface area is 124 Å². The zero-order valence-corrected chi connectivity index (χ0v) is 14.1. The first-order chi connectivity index (χ1) is 9.06. The smallest absolute Gasteiger partial charge is 0.153 e. The van der Waals surface area contributed by atoms with E-state index < -0.39 is 0 Å². The summed E-state index contributed by atoms with van der Waals surface area (Å²) in [5, 5.41) is 11.7. The van der Waals surface area contributed by atoms with E-state index in [1.54, 1.807) is 0 Å². The summed E-state index contributed by atoms with van der Waals surface area (Å²) < 4.78 is 8.72. The van der Waals surface area contributed by atoms with E-state index in [2.05, 4.69) is 52.3 Å². The second-order valence-corrected chi connectivity index (χ2v) is 5.34. The lowest BCUT2D eigenvalue weighted by atomic mass is 9.86. The lowest BCUT2D eigenvalue weighted by Gasteiger charge is -2.39. The van der Waals surface area contributed by atoms with Gasteiger partial charge in [0.25, 0.3) is 0 Å². The number of halogens is 1. The molecule has 1 aromatic heterocycles. The molecule has 1 N–H and O–H groups in total. The molecule has 0 aromatic carbocycles. The average molecular weight is 333 g/mol. The summed E-state index contributed by atoms with van der Waals surface area (Å²) >= 11 is 3.50. The van der Waals surface area contributed by atoms with Gasteiger partial charge in [-0.05, 0) is 42.2 Å². The fraction of sp³-hybridized carbons (Fsp3) is 0.846. The largest absolute Gasteiger partial charge is 0.373 e. The Bertz CT molecular complexity index is 370. The minimum atomic E-state index is -0.233. The van der Waals surface area contributed by atoms with E-state index in [0.717, 1.165) is 29.7 Å². The van der Waals surface area contributed by atoms with Crippen LogP contribution in [0.1, 0.15) is 52.3 Å². The van der Waals surface area contributed by atoms with Crippen LogP contribution < -0.4 is 5.32 Å². The van der Waals surface area contributed by atoms with E-state index in [9.17, 15) is 0 Å². The molecule has 0 aliphatic carbocycles. The Balaban J connectivity index is 3.24. The second-order valence-electron chi connectivity index (χ2n) is 4.58. The van der Waals surface area contributed by atoms with Crippen LogP contribution >= 0.6 is 15.9 Å². The molecule has 6 heteroatoms. The van der Waals surface area contributed by atoms with E-state index in [1.165, 1.54) is 0 Å². The van der Waals surface area contributed by atoms with Gasteiger partial charge in [0.15, 0.2) is 4.60 Å². The van der Waals surface area contributed by atoms with Gasteiger partial charge in [0.1, 0.15) is 0 Å². The molecule has 0 radical (unpaired) electrons. The van der Waals surface area contributed by atoms with Gasteiger partial charge >= 0.3 is 0 Å². The zero-order chi connectivity index (χ0) is 14.5. The number of nitrogens with one attached hydrogen (secondary N) is 1. The topological polar surface area (TPSA) is 52.0 Å². The lowest BCUT2D eigenvalue weighted by Crippen LogP contribution is -2.46. The Morgan fingerprint density at radius 1 is 1.32 bits per heavy atom. The second kappa shape index (κ2) is 7.36. The van der Waals surface area contributed by atoms with Crippen LogP contribution in [0.15, 0.2) is 4.60 Å². The van der Waals surface area contributed by atoms with Crippen molar-refractivity contribution in [3.05, 3.63) is 10.3 Å². The van der Waals surface area contributed by atoms with E-state index in [4.69, 9.17) is 4.74 Å². The molecule has 1 unspecified atom stereocenters. The summed E-state index contributed by atoms with van der Waals surface area (Å²) in [5.41, 5.74) is 0.807. The number of hydrogen-bond donors (Lipinski definition) is 1. The molecular weight excluding hydrogens is 308 g/mol. The van der Waals surface area contributed by atoms with E-state index >= 15 is 0 Å². The first kappa shape index (κ1) is 16.6. The quantitative estimate of drug-likeness (QED) is 0.795. The molecule has 0 fully saturated rings. The third-order valence-electron chi connectivity index (χ3n) is 3.66. The van der Waals surface area contributed by atoms with Crippen LogP contribution in [0.3, 0.4) is 0 Å². The molecule has 19 heavy (non-hydrogen) atoms. The van der Waals surface area contributed by atoms with Crippen LogP contribution in [0.25, 0.3) is 0 Å². The third-order valence-corrected chi connectivity index (χ3v) is 4.23. The van der Waals surface area contributed by atoms with Gasteiger partial charge in [0, 0.05) is 13.7 Å². The van der Waals surface area contributed by atoms with E-state index in [0.29, 0.717) is 6.61 Å². The third kappa shape index (κ3) is 3.35. The molecule has 0 saturated carbocycles. The van der Waals surface area contributed by atoms with Crippen molar-refractivity contribution < 1.29 is 4.74 Å². The molecule has 0 aliphatic rings. The van der Waals surface area contributed by atoms with Gasteiger partial charge in [-0.1, -0.05) is 26.0 Å². The van der Waals surface area contributed by atoms with Crippen molar-refractivity contribution >= 4 is 15.9 Å². The fourth-order valence-electron chi connectivity index (χ4n) is 2.61. The highest BCUT2D eigenvalue weighted by molar-refractivity contribution is 9.10. The number of aryl methyl sites for hydroxylation is 1. The summed E-state index contributed by atoms with van der Waals surface area (Å²) in [6.45, 7) is 10.1. The van der Waals surface area contributed by atoms with Crippen LogP contribution in [0.2, 0.25) is 0 Å². The summed E-state index contributed by atoms with van der Waals surface area (Å²) in [6, 6.07) is 0.0711. The first-order valence-corrected chi connectivity index (χ1v) is 7.77. The molecule has 110 valence electrons. The van der Waals surface area contributed by atoms with Crippen molar-refractivity contribution in [3.63, 3.8) is 0 Å². The molecule has 1 rings (SSSR count). The number of likely N-dealkylation sites (N-methyl/N-ethyl adjacent to an activating group) is 1. The number of rotatable bonds is 8. The van der Waals surface area contributed by atoms with E-state index in [-0.39, 0.29) is 11.6 Å². The Morgan fingerprint density at radius 3 is 2.32 bits per heavy atom. The predicted molar refractivity (Wildman–Crippen MR) is 80.1 cm³/mol. The maximum Gasteiger partial charge on any atom is 0.153 e. The van der Waals surface area contributed by atoms with Gasteiger partial charge in [0.2, 0.25) is 0 Å². The number of ether oxygens (including phenoxy) is 1. The molecule has 0 amide bonds. The maximum atomic E-state index is 6.12. The normalized spacial score (nSPS) is 13.8. The predicted octanol–water partition coefficient (Wildman–Crippen LogP) is 2.82. The molecule has 0 aliphatic heterocycles. The summed E-state index contributed by atoms with van der Waals surface area (Å²) in [5.74, 6) is 0. The zero-order valence-electron chi connectivity index (χ0n) is 12.5. The highest BCUT2D eigenvalue weighted by atomic mass is 79.9. The Hall–Kier alpha value is -0.460. The van der Waals surface area contributed by atoms with Crippen molar-refractivity contribution in [3.8, 4) is 0 Å². The molecule has 1 atom stereocenters. The van der Waals surface area contributed by atoms with Crippen molar-refractivity contribution in [1.29, 1.82) is 0 Å². The van der Waals surface area contributed by atoms with Crippen LogP contribution in [0.5, 0.6) is 0 Å². The molecule has 0 bridgehead atoms. The summed E-state index contributed by atoms with van der Waals surface area (Å²) in [7, 11) is 1.92. The van der Waals surface area contributed by atoms with Gasteiger partial charge in [-0.25, -0.2) is 4.68 Å². The Morgan fingerprint density at radius 2 is 1.95 bits per heavy atom. The van der Waals surface area contributed by atoms with E-state index in [1.807, 2.05) is 18.7 Å². The fourth-order valence-corrected chi connectivity index (χ4v) is 3.17. The molecule has 1 heterocycles. The standard InChI is InChI=1S/C13H25BrN4O/c1-6-13(7-2,19-9-4)11(15-8-3)10-12(14)16-17-18(10)5/h11,15H,6-9H2,1-5H3. The van der Waals surface area contributed by atoms with Crippen LogP contribution in [-0.4, -0.2) is 33.7 Å². The van der Waals surface area contributed by atoms with Gasteiger partial charge in [0.05, 0.1) is 17.3 Å². The number of hydrogen-bond acceptors (Lipinski definition) is 4. The molecule has 5 nitrogen and oxygen atoms in total. The molecular formula is C13H25BrN4O. The minimum absolute atomic E-state index is 0.0711. The highest BCUT2D eigenvalue weighted by Crippen LogP contribution is 2.37. The number of nitrogens with zero attached hydrogens (tertiary/aromatic N) is 3. The van der Waals surface area contributed by atoms with Crippen LogP contribution in [0.4, 0.5) is 0 Å². The van der Waals surface area contributed by atoms with Gasteiger partial charge in [-0.15, -0.1) is 5.10 Å². The van der Waals surface area contributed by atoms with Crippen molar-refractivity contribution in [2.45, 2.75) is 52.2 Å². The lowest BCUT2D eigenvalue weighted by molar-refractivity contribution is -0.0748. The van der Waals surface area contributed by atoms with Crippen LogP contribution in [-0.2, 0) is 11.8 Å². The van der Waals surface area contributed by atoms with Gasteiger partial charge < -0.3 is 10.1 Å². The first-order valence-electron chi connectivity index (χ1n) is 6.98. The van der Waals surface area contributed by atoms with Crippen molar-refractivity contribution in [1.82, 2.24) is 20.3 Å². The van der Waals surface area contributed by atoms with Gasteiger partial charge in [-0.2, -0.15) is 0 Å². The minimum Gasteiger partial charge on any atom is -0.373 e. The van der Waals surface area contributed by atoms with Crippen molar-refractivity contribution in [2.24, 2.45) is 7.05 Å². The molecule has 0 spiro atoms. The maximum absolute atomic E-state index is 6.12. The molecule has 1 aromatic rings. The Kier molecular flexibility index (Phi) is 6.42. The van der Waals surface area contributed by atoms with Crippen molar-refractivity contribution in [2.75, 3.05) is 13.2 Å². The van der Waals surface area contributed by atoms with Crippen LogP contribution in [0, 0.1) is 0 Å². The SMILES string of the molecule is CCNC(c1c(Br)nnn1C)C(CC)(CC)OCC. The monoisotopic (exact) mass is 332 g/mol. The number of aromatic nitrogens is 3. The summed E-state index contributed by atoms with van der Waals surface area (Å²) in [4.78, 5) is 0. The molecule has 0 saturated heterocycles. The summed E-state index contributed by atoms with van der Waals surface area (Å²) in [6.07, 6.45) is 1.87. The average Bonchev–Trinajstić information content (AvgIpc) is 2.73. The van der Waals surface area contributed by atoms with Gasteiger partial charge in [-0.3, -0.25) is 0 Å². The highest BCUT2D eigenvalue weighted by Gasteiger charge is 2.40.